The molecule has 1 aliphatic rings. The molecule has 1 aliphatic heterocycles. The Bertz CT molecular complexity index is 705. The van der Waals surface area contributed by atoms with E-state index in [-0.39, 0.29) is 46.6 Å². The number of hydrogen-bond donors (Lipinski definition) is 0. The zero-order chi connectivity index (χ0) is 25.0. The summed E-state index contributed by atoms with van der Waals surface area (Å²) >= 11 is 0. The molecule has 184 valence electrons. The molecular weight excluding hydrogens is 420 g/mol. The SMILES string of the molecule is CCC1OC(=O)[C@H](C)C(=O)[C@H](C)[C@@H](O[Si](C)(C)C(C)(C)C)[C@@H](C)C[C@@H](C)C(=O)/C=C/[C@H]1C. The lowest BCUT2D eigenvalue weighted by molar-refractivity contribution is -0.159. The zero-order valence-electron chi connectivity index (χ0n) is 22.2. The molecule has 0 aromatic rings. The summed E-state index contributed by atoms with van der Waals surface area (Å²) < 4.78 is 12.5. The van der Waals surface area contributed by atoms with Gasteiger partial charge < -0.3 is 9.16 Å². The monoisotopic (exact) mass is 466 g/mol. The molecule has 0 bridgehead atoms. The molecule has 0 saturated heterocycles. The minimum absolute atomic E-state index is 0.0117. The van der Waals surface area contributed by atoms with Crippen LogP contribution in [0.4, 0.5) is 0 Å². The number of carbonyl (C=O) groups is 3. The van der Waals surface area contributed by atoms with Gasteiger partial charge in [0.25, 0.3) is 0 Å². The number of Topliss-reactive ketones (excluding diaryl/α,β-unsaturated/α-hetero) is 1. The molecule has 0 amide bonds. The summed E-state index contributed by atoms with van der Waals surface area (Å²) in [6, 6.07) is 0. The zero-order valence-corrected chi connectivity index (χ0v) is 23.2. The third-order valence-corrected chi connectivity index (χ3v) is 12.0. The summed E-state index contributed by atoms with van der Waals surface area (Å²) in [5.41, 5.74) is 0. The molecule has 32 heavy (non-hydrogen) atoms. The van der Waals surface area contributed by atoms with Crippen LogP contribution in [-0.2, 0) is 23.5 Å². The van der Waals surface area contributed by atoms with E-state index in [4.69, 9.17) is 9.16 Å². The highest BCUT2D eigenvalue weighted by Gasteiger charge is 2.44. The Labute approximate surface area is 196 Å². The van der Waals surface area contributed by atoms with E-state index in [9.17, 15) is 14.4 Å². The Morgan fingerprint density at radius 3 is 2.12 bits per heavy atom. The molecule has 5 nitrogen and oxygen atoms in total. The number of hydrogen-bond acceptors (Lipinski definition) is 5. The topological polar surface area (TPSA) is 69.7 Å². The second kappa shape index (κ2) is 11.2. The van der Waals surface area contributed by atoms with Crippen LogP contribution in [0.5, 0.6) is 0 Å². The fraction of sp³-hybridized carbons (Fsp3) is 0.808. The predicted molar refractivity (Wildman–Crippen MR) is 132 cm³/mol. The maximum Gasteiger partial charge on any atom is 0.316 e. The molecule has 0 saturated carbocycles. The first-order valence-electron chi connectivity index (χ1n) is 12.2. The first kappa shape index (κ1) is 28.8. The van der Waals surface area contributed by atoms with E-state index in [0.717, 1.165) is 0 Å². The Balaban J connectivity index is 3.41. The number of esters is 1. The van der Waals surface area contributed by atoms with Crippen LogP contribution >= 0.6 is 0 Å². The van der Waals surface area contributed by atoms with Crippen molar-refractivity contribution < 1.29 is 23.5 Å². The summed E-state index contributed by atoms with van der Waals surface area (Å²) in [4.78, 5) is 39.0. The van der Waals surface area contributed by atoms with Crippen LogP contribution in [-0.4, -0.2) is 38.1 Å². The van der Waals surface area contributed by atoms with Gasteiger partial charge in [0.05, 0.1) is 6.10 Å². The van der Waals surface area contributed by atoms with Gasteiger partial charge in [-0.3, -0.25) is 14.4 Å². The standard InChI is InChI=1S/C26H46O5Si/c1-12-22-16(2)13-14-21(27)17(3)15-18(4)24(31-32(10,11)26(7,8)9)19(5)23(28)20(6)25(29)30-22/h13-14,16-20,22,24H,12,15H2,1-11H3/b14-13+/t16-,17-,18+,19+,20-,22?,24+/m1/s1. The van der Waals surface area contributed by atoms with Crippen molar-refractivity contribution in [2.45, 2.75) is 105 Å². The van der Waals surface area contributed by atoms with Crippen molar-refractivity contribution in [3.63, 3.8) is 0 Å². The maximum absolute atomic E-state index is 13.4. The molecular formula is C26H46O5Si. The normalized spacial score (nSPS) is 35.2. The van der Waals surface area contributed by atoms with Gasteiger partial charge in [-0.2, -0.15) is 0 Å². The summed E-state index contributed by atoms with van der Waals surface area (Å²) in [7, 11) is -2.19. The highest BCUT2D eigenvalue weighted by Crippen LogP contribution is 2.40. The second-order valence-corrected chi connectivity index (χ2v) is 16.1. The summed E-state index contributed by atoms with van der Waals surface area (Å²) in [6.45, 7) is 22.2. The van der Waals surface area contributed by atoms with Crippen molar-refractivity contribution in [1.82, 2.24) is 0 Å². The molecule has 7 atom stereocenters. The highest BCUT2D eigenvalue weighted by molar-refractivity contribution is 6.74. The molecule has 0 spiro atoms. The lowest BCUT2D eigenvalue weighted by Gasteiger charge is -2.43. The molecule has 1 rings (SSSR count). The van der Waals surface area contributed by atoms with Crippen LogP contribution in [0.2, 0.25) is 18.1 Å². The second-order valence-electron chi connectivity index (χ2n) is 11.4. The smallest absolute Gasteiger partial charge is 0.316 e. The Hall–Kier alpha value is -1.27. The number of ketones is 2. The van der Waals surface area contributed by atoms with Crippen LogP contribution in [0.1, 0.15) is 75.2 Å². The molecule has 0 fully saturated rings. The molecule has 6 heteroatoms. The molecule has 0 aliphatic carbocycles. The van der Waals surface area contributed by atoms with E-state index in [1.807, 2.05) is 33.8 Å². The Kier molecular flexibility index (Phi) is 10.1. The number of cyclic esters (lactones) is 1. The minimum Gasteiger partial charge on any atom is -0.461 e. The van der Waals surface area contributed by atoms with Gasteiger partial charge in [-0.15, -0.1) is 0 Å². The van der Waals surface area contributed by atoms with Gasteiger partial charge >= 0.3 is 5.97 Å². The van der Waals surface area contributed by atoms with E-state index in [1.54, 1.807) is 13.0 Å². The van der Waals surface area contributed by atoms with E-state index in [2.05, 4.69) is 40.8 Å². The first-order valence-corrected chi connectivity index (χ1v) is 15.1. The van der Waals surface area contributed by atoms with E-state index < -0.39 is 26.1 Å². The van der Waals surface area contributed by atoms with E-state index in [0.29, 0.717) is 12.8 Å². The van der Waals surface area contributed by atoms with Gasteiger partial charge in [0.15, 0.2) is 19.9 Å². The predicted octanol–water partition coefficient (Wildman–Crippen LogP) is 5.98. The Morgan fingerprint density at radius 1 is 1.06 bits per heavy atom. The summed E-state index contributed by atoms with van der Waals surface area (Å²) in [6.07, 6.45) is 3.98. The van der Waals surface area contributed by atoms with Gasteiger partial charge in [-0.1, -0.05) is 61.5 Å². The lowest BCUT2D eigenvalue weighted by Crippen LogP contribution is -2.50. The molecule has 1 heterocycles. The number of carbonyl (C=O) groups excluding carboxylic acids is 3. The van der Waals surface area contributed by atoms with Crippen molar-refractivity contribution in [3.8, 4) is 0 Å². The number of rotatable bonds is 3. The maximum atomic E-state index is 13.4. The first-order chi connectivity index (χ1) is 14.5. The van der Waals surface area contributed by atoms with Gasteiger partial charge in [0.2, 0.25) is 0 Å². The number of ether oxygens (including phenoxy) is 1. The molecule has 0 aromatic carbocycles. The molecule has 1 unspecified atom stereocenters. The molecule has 0 radical (unpaired) electrons. The van der Waals surface area contributed by atoms with Gasteiger partial charge in [0.1, 0.15) is 12.0 Å². The van der Waals surface area contributed by atoms with Crippen molar-refractivity contribution in [2.75, 3.05) is 0 Å². The van der Waals surface area contributed by atoms with Gasteiger partial charge in [0, 0.05) is 17.8 Å². The number of allylic oxidation sites excluding steroid dienone is 1. The van der Waals surface area contributed by atoms with Crippen LogP contribution in [0.3, 0.4) is 0 Å². The fourth-order valence-electron chi connectivity index (χ4n) is 4.06. The van der Waals surface area contributed by atoms with Gasteiger partial charge in [-0.05, 0) is 49.9 Å². The van der Waals surface area contributed by atoms with Crippen LogP contribution in [0.25, 0.3) is 0 Å². The molecule has 0 N–H and O–H groups in total. The Morgan fingerprint density at radius 2 is 1.62 bits per heavy atom. The third-order valence-electron chi connectivity index (χ3n) is 7.55. The third kappa shape index (κ3) is 7.11. The van der Waals surface area contributed by atoms with E-state index in [1.165, 1.54) is 0 Å². The van der Waals surface area contributed by atoms with Crippen LogP contribution in [0.15, 0.2) is 12.2 Å². The van der Waals surface area contributed by atoms with Crippen molar-refractivity contribution in [1.29, 1.82) is 0 Å². The van der Waals surface area contributed by atoms with Crippen LogP contribution in [0, 0.1) is 29.6 Å². The van der Waals surface area contributed by atoms with Crippen LogP contribution < -0.4 is 0 Å². The van der Waals surface area contributed by atoms with E-state index >= 15 is 0 Å². The average molecular weight is 467 g/mol. The van der Waals surface area contributed by atoms with Crippen molar-refractivity contribution >= 4 is 25.9 Å². The average Bonchev–Trinajstić information content (AvgIpc) is 2.70. The molecule has 0 aromatic heterocycles. The minimum atomic E-state index is -2.19. The van der Waals surface area contributed by atoms with Crippen molar-refractivity contribution in [2.24, 2.45) is 29.6 Å². The lowest BCUT2D eigenvalue weighted by atomic mass is 9.81. The van der Waals surface area contributed by atoms with Gasteiger partial charge in [-0.25, -0.2) is 0 Å². The quantitative estimate of drug-likeness (QED) is 0.291. The summed E-state index contributed by atoms with van der Waals surface area (Å²) in [5, 5.41) is -0.0201. The highest BCUT2D eigenvalue weighted by atomic mass is 28.4. The summed E-state index contributed by atoms with van der Waals surface area (Å²) in [5.74, 6) is -2.21. The van der Waals surface area contributed by atoms with Crippen molar-refractivity contribution in [3.05, 3.63) is 12.2 Å². The fourth-order valence-corrected chi connectivity index (χ4v) is 5.53. The largest absolute Gasteiger partial charge is 0.461 e.